The second kappa shape index (κ2) is 5.57. The highest BCUT2D eigenvalue weighted by Gasteiger charge is 2.32. The fourth-order valence-electron chi connectivity index (χ4n) is 2.44. The molecule has 1 aliphatic heterocycles. The number of carbonyl (C=O) groups is 1. The molecule has 6 nitrogen and oxygen atoms in total. The van der Waals surface area contributed by atoms with Gasteiger partial charge in [-0.05, 0) is 31.2 Å². The first-order valence-corrected chi connectivity index (χ1v) is 6.95. The summed E-state index contributed by atoms with van der Waals surface area (Å²) in [5, 5.41) is 23.6. The number of hydrogen-bond donors (Lipinski definition) is 3. The van der Waals surface area contributed by atoms with Crippen molar-refractivity contribution in [3.05, 3.63) is 53.6 Å². The maximum atomic E-state index is 12.2. The van der Waals surface area contributed by atoms with E-state index < -0.39 is 12.1 Å². The molecule has 2 aromatic rings. The Kier molecular flexibility index (Phi) is 3.60. The molecule has 2 aromatic carbocycles. The van der Waals surface area contributed by atoms with Crippen LogP contribution in [0.1, 0.15) is 29.0 Å². The van der Waals surface area contributed by atoms with Gasteiger partial charge in [-0.3, -0.25) is 10.0 Å². The maximum Gasteiger partial charge on any atom is 0.281 e. The second-order valence-electron chi connectivity index (χ2n) is 4.90. The molecule has 0 radical (unpaired) electrons. The summed E-state index contributed by atoms with van der Waals surface area (Å²) in [5.41, 5.74) is 1.66. The number of para-hydroxylation sites is 1. The third-order valence-corrected chi connectivity index (χ3v) is 3.50. The van der Waals surface area contributed by atoms with Crippen molar-refractivity contribution in [2.24, 2.45) is 0 Å². The lowest BCUT2D eigenvalue weighted by molar-refractivity contribution is -0.0851. The summed E-state index contributed by atoms with van der Waals surface area (Å²) in [6.07, 6.45) is -0.748. The van der Waals surface area contributed by atoms with Gasteiger partial charge in [-0.15, -0.1) is 0 Å². The van der Waals surface area contributed by atoms with E-state index >= 15 is 0 Å². The third-order valence-electron chi connectivity index (χ3n) is 3.50. The number of ether oxygens (including phenoxy) is 1. The first-order chi connectivity index (χ1) is 10.6. The fraction of sp³-hybridized carbons (Fsp3) is 0.188. The highest BCUT2D eigenvalue weighted by atomic mass is 16.5. The summed E-state index contributed by atoms with van der Waals surface area (Å²) in [5.74, 6) is -0.162. The Morgan fingerprint density at radius 2 is 2.05 bits per heavy atom. The number of hydrogen-bond acceptors (Lipinski definition) is 5. The molecule has 0 bridgehead atoms. The highest BCUT2D eigenvalue weighted by Crippen LogP contribution is 2.35. The SMILES string of the molecule is CCOc1cc(C2Nc3ccccc3C(=O)N2O)ccc1O. The van der Waals surface area contributed by atoms with Crippen LogP contribution in [0.4, 0.5) is 5.69 Å². The van der Waals surface area contributed by atoms with Crippen LogP contribution in [-0.4, -0.2) is 27.9 Å². The molecule has 0 aromatic heterocycles. The van der Waals surface area contributed by atoms with E-state index in [0.717, 1.165) is 0 Å². The highest BCUT2D eigenvalue weighted by molar-refractivity contribution is 6.01. The van der Waals surface area contributed by atoms with E-state index in [4.69, 9.17) is 4.74 Å². The number of fused-ring (bicyclic) bond motifs is 1. The summed E-state index contributed by atoms with van der Waals surface area (Å²) in [6, 6.07) is 11.7. The fourth-order valence-corrected chi connectivity index (χ4v) is 2.44. The van der Waals surface area contributed by atoms with Crippen molar-refractivity contribution < 1.29 is 19.8 Å². The molecule has 0 fully saturated rings. The Balaban J connectivity index is 1.99. The summed E-state index contributed by atoms with van der Waals surface area (Å²) < 4.78 is 5.34. The molecule has 3 N–H and O–H groups in total. The first-order valence-electron chi connectivity index (χ1n) is 6.95. The Hall–Kier alpha value is -2.73. The molecule has 3 rings (SSSR count). The summed E-state index contributed by atoms with van der Waals surface area (Å²) in [7, 11) is 0. The monoisotopic (exact) mass is 300 g/mol. The minimum atomic E-state index is -0.748. The minimum Gasteiger partial charge on any atom is -0.504 e. The van der Waals surface area contributed by atoms with Gasteiger partial charge in [0.2, 0.25) is 0 Å². The van der Waals surface area contributed by atoms with Crippen molar-refractivity contribution in [2.45, 2.75) is 13.1 Å². The molecule has 6 heteroatoms. The molecule has 22 heavy (non-hydrogen) atoms. The van der Waals surface area contributed by atoms with Crippen molar-refractivity contribution in [1.29, 1.82) is 0 Å². The molecule has 1 heterocycles. The average molecular weight is 300 g/mol. The van der Waals surface area contributed by atoms with Gasteiger partial charge in [0.25, 0.3) is 5.91 Å². The zero-order valence-electron chi connectivity index (χ0n) is 12.0. The smallest absolute Gasteiger partial charge is 0.281 e. The Morgan fingerprint density at radius 3 is 2.82 bits per heavy atom. The van der Waals surface area contributed by atoms with E-state index in [0.29, 0.717) is 34.2 Å². The molecule has 1 unspecified atom stereocenters. The normalized spacial score (nSPS) is 16.9. The van der Waals surface area contributed by atoms with Gasteiger partial charge in [0.05, 0.1) is 12.2 Å². The lowest BCUT2D eigenvalue weighted by Crippen LogP contribution is -2.40. The molecule has 1 atom stereocenters. The van der Waals surface area contributed by atoms with Crippen LogP contribution in [0, 0.1) is 0 Å². The molecule has 1 amide bonds. The van der Waals surface area contributed by atoms with Crippen molar-refractivity contribution in [1.82, 2.24) is 5.06 Å². The van der Waals surface area contributed by atoms with Gasteiger partial charge in [0.1, 0.15) is 0 Å². The predicted molar refractivity (Wildman–Crippen MR) is 80.0 cm³/mol. The summed E-state index contributed by atoms with van der Waals surface area (Å²) >= 11 is 0. The third kappa shape index (κ3) is 2.33. The molecule has 0 saturated carbocycles. The van der Waals surface area contributed by atoms with Crippen molar-refractivity contribution in [2.75, 3.05) is 11.9 Å². The van der Waals surface area contributed by atoms with E-state index in [9.17, 15) is 15.1 Å². The minimum absolute atomic E-state index is 0.0117. The molecule has 114 valence electrons. The number of nitrogens with zero attached hydrogens (tertiary/aromatic N) is 1. The lowest BCUT2D eigenvalue weighted by atomic mass is 10.0. The Morgan fingerprint density at radius 1 is 1.27 bits per heavy atom. The molecular weight excluding hydrogens is 284 g/mol. The number of hydroxylamine groups is 2. The first kappa shape index (κ1) is 14.2. The van der Waals surface area contributed by atoms with Crippen LogP contribution in [0.15, 0.2) is 42.5 Å². The van der Waals surface area contributed by atoms with E-state index in [1.54, 1.807) is 30.3 Å². The van der Waals surface area contributed by atoms with Gasteiger partial charge in [0.15, 0.2) is 17.7 Å². The van der Waals surface area contributed by atoms with Crippen molar-refractivity contribution >= 4 is 11.6 Å². The van der Waals surface area contributed by atoms with Gasteiger partial charge in [-0.25, -0.2) is 0 Å². The largest absolute Gasteiger partial charge is 0.504 e. The van der Waals surface area contributed by atoms with Crippen LogP contribution in [0.25, 0.3) is 0 Å². The van der Waals surface area contributed by atoms with Crippen LogP contribution in [0.3, 0.4) is 0 Å². The number of carbonyl (C=O) groups excluding carboxylic acids is 1. The van der Waals surface area contributed by atoms with Crippen LogP contribution in [-0.2, 0) is 0 Å². The number of phenols is 1. The van der Waals surface area contributed by atoms with Gasteiger partial charge < -0.3 is 15.2 Å². The number of phenolic OH excluding ortho intramolecular Hbond substituents is 1. The van der Waals surface area contributed by atoms with Crippen molar-refractivity contribution in [3.63, 3.8) is 0 Å². The summed E-state index contributed by atoms with van der Waals surface area (Å²) in [6.45, 7) is 2.21. The van der Waals surface area contributed by atoms with Crippen molar-refractivity contribution in [3.8, 4) is 11.5 Å². The van der Waals surface area contributed by atoms with Gasteiger partial charge in [-0.2, -0.15) is 5.06 Å². The van der Waals surface area contributed by atoms with E-state index in [2.05, 4.69) is 5.32 Å². The Bertz CT molecular complexity index is 717. The van der Waals surface area contributed by atoms with Gasteiger partial charge in [-0.1, -0.05) is 18.2 Å². The van der Waals surface area contributed by atoms with E-state index in [-0.39, 0.29) is 5.75 Å². The molecule has 0 spiro atoms. The molecular formula is C16H16N2O4. The van der Waals surface area contributed by atoms with E-state index in [1.165, 1.54) is 6.07 Å². The zero-order chi connectivity index (χ0) is 15.7. The van der Waals surface area contributed by atoms with E-state index in [1.807, 2.05) is 13.0 Å². The topological polar surface area (TPSA) is 82.0 Å². The maximum absolute atomic E-state index is 12.2. The zero-order valence-corrected chi connectivity index (χ0v) is 12.0. The number of nitrogens with one attached hydrogen (secondary N) is 1. The predicted octanol–water partition coefficient (Wildman–Crippen LogP) is 2.75. The molecule has 0 aliphatic carbocycles. The van der Waals surface area contributed by atoms with Crippen LogP contribution >= 0.6 is 0 Å². The summed E-state index contributed by atoms with van der Waals surface area (Å²) in [4.78, 5) is 12.2. The number of benzene rings is 2. The van der Waals surface area contributed by atoms with Gasteiger partial charge >= 0.3 is 0 Å². The quantitative estimate of drug-likeness (QED) is 0.759. The number of anilines is 1. The van der Waals surface area contributed by atoms with Crippen LogP contribution < -0.4 is 10.1 Å². The number of rotatable bonds is 3. The molecule has 1 aliphatic rings. The van der Waals surface area contributed by atoms with Crippen LogP contribution in [0.5, 0.6) is 11.5 Å². The van der Waals surface area contributed by atoms with Gasteiger partial charge in [0, 0.05) is 11.3 Å². The lowest BCUT2D eigenvalue weighted by Gasteiger charge is -2.33. The molecule has 0 saturated heterocycles. The number of aromatic hydroxyl groups is 1. The van der Waals surface area contributed by atoms with Crippen LogP contribution in [0.2, 0.25) is 0 Å². The second-order valence-corrected chi connectivity index (χ2v) is 4.90. The number of amides is 1. The average Bonchev–Trinajstić information content (AvgIpc) is 2.53. The standard InChI is InChI=1S/C16H16N2O4/c1-2-22-14-9-10(7-8-13(14)19)15-17-12-6-4-3-5-11(12)16(20)18(15)21/h3-9,15,17,19,21H,2H2,1H3. The Labute approximate surface area is 127 Å².